The standard InChI is InChI=1S/C25H31ClN4O2/c1-14-22(16(3)30(28-14)15(2)17-7-10-19(26)11-8-17)27-24(31)23-20-13-18(25(4,5)6)9-12-21(20)32-29-23/h7-8,10-11,15,18H,9,12-13H2,1-6H3,(H,27,31). The predicted octanol–water partition coefficient (Wildman–Crippen LogP) is 6.15. The molecule has 1 aliphatic rings. The van der Waals surface area contributed by atoms with Crippen molar-refractivity contribution in [2.24, 2.45) is 11.3 Å². The van der Waals surface area contributed by atoms with Crippen LogP contribution in [-0.2, 0) is 12.8 Å². The van der Waals surface area contributed by atoms with Crippen molar-refractivity contribution in [1.82, 2.24) is 14.9 Å². The Kier molecular flexibility index (Phi) is 5.93. The molecular weight excluding hydrogens is 424 g/mol. The number of hydrogen-bond acceptors (Lipinski definition) is 4. The van der Waals surface area contributed by atoms with Crippen LogP contribution in [0.5, 0.6) is 0 Å². The quantitative estimate of drug-likeness (QED) is 0.512. The van der Waals surface area contributed by atoms with Crippen LogP contribution in [0.4, 0.5) is 5.69 Å². The normalized spacial score (nSPS) is 17.2. The highest BCUT2D eigenvalue weighted by atomic mass is 35.5. The van der Waals surface area contributed by atoms with Crippen LogP contribution in [0.2, 0.25) is 5.02 Å². The highest BCUT2D eigenvalue weighted by molar-refractivity contribution is 6.30. The second-order valence-corrected chi connectivity index (χ2v) is 10.3. The number of anilines is 1. The van der Waals surface area contributed by atoms with E-state index >= 15 is 0 Å². The molecule has 0 saturated heterocycles. The molecule has 0 saturated carbocycles. The summed E-state index contributed by atoms with van der Waals surface area (Å²) >= 11 is 6.03. The summed E-state index contributed by atoms with van der Waals surface area (Å²) in [6.45, 7) is 12.7. The SMILES string of the molecule is Cc1nn(C(C)c2ccc(Cl)cc2)c(C)c1NC(=O)c1noc2c1CC(C(C)(C)C)CC2. The first-order valence-electron chi connectivity index (χ1n) is 11.2. The molecule has 2 atom stereocenters. The van der Waals surface area contributed by atoms with Gasteiger partial charge in [-0.1, -0.05) is 49.7 Å². The molecule has 1 amide bonds. The molecule has 2 unspecified atom stereocenters. The van der Waals surface area contributed by atoms with Gasteiger partial charge in [-0.3, -0.25) is 9.48 Å². The lowest BCUT2D eigenvalue weighted by atomic mass is 9.71. The summed E-state index contributed by atoms with van der Waals surface area (Å²) in [4.78, 5) is 13.2. The van der Waals surface area contributed by atoms with Gasteiger partial charge in [0.1, 0.15) is 5.76 Å². The lowest BCUT2D eigenvalue weighted by Crippen LogP contribution is -2.27. The minimum atomic E-state index is -0.241. The van der Waals surface area contributed by atoms with E-state index in [0.717, 1.165) is 53.2 Å². The van der Waals surface area contributed by atoms with E-state index in [9.17, 15) is 4.79 Å². The molecule has 2 heterocycles. The molecule has 0 radical (unpaired) electrons. The molecule has 4 rings (SSSR count). The van der Waals surface area contributed by atoms with E-state index in [2.05, 4.69) is 38.2 Å². The minimum absolute atomic E-state index is 0.00368. The van der Waals surface area contributed by atoms with Gasteiger partial charge >= 0.3 is 0 Å². The van der Waals surface area contributed by atoms with Gasteiger partial charge in [0.15, 0.2) is 5.69 Å². The molecular formula is C25H31ClN4O2. The van der Waals surface area contributed by atoms with Crippen molar-refractivity contribution in [3.05, 3.63) is 63.3 Å². The Morgan fingerprint density at radius 3 is 2.59 bits per heavy atom. The largest absolute Gasteiger partial charge is 0.360 e. The highest BCUT2D eigenvalue weighted by Gasteiger charge is 2.34. The molecule has 0 bridgehead atoms. The summed E-state index contributed by atoms with van der Waals surface area (Å²) in [5.41, 5.74) is 4.99. The molecule has 6 nitrogen and oxygen atoms in total. The summed E-state index contributed by atoms with van der Waals surface area (Å²) in [6, 6.07) is 7.74. The average Bonchev–Trinajstić information content (AvgIpc) is 3.29. The maximum Gasteiger partial charge on any atom is 0.278 e. The molecule has 1 aliphatic carbocycles. The zero-order valence-corrected chi connectivity index (χ0v) is 20.4. The molecule has 3 aromatic rings. The number of rotatable bonds is 4. The Balaban J connectivity index is 1.58. The fraction of sp³-hybridized carbons (Fsp3) is 0.480. The van der Waals surface area contributed by atoms with Crippen molar-refractivity contribution < 1.29 is 9.32 Å². The predicted molar refractivity (Wildman–Crippen MR) is 126 cm³/mol. The summed E-state index contributed by atoms with van der Waals surface area (Å²) in [7, 11) is 0. The van der Waals surface area contributed by atoms with E-state index in [1.165, 1.54) is 0 Å². The molecule has 0 fully saturated rings. The van der Waals surface area contributed by atoms with Crippen molar-refractivity contribution in [3.8, 4) is 0 Å². The van der Waals surface area contributed by atoms with E-state index in [4.69, 9.17) is 21.2 Å². The Bertz CT molecular complexity index is 1140. The third-order valence-electron chi connectivity index (χ3n) is 6.76. The third-order valence-corrected chi connectivity index (χ3v) is 7.01. The maximum atomic E-state index is 13.2. The summed E-state index contributed by atoms with van der Waals surface area (Å²) in [5, 5.41) is 12.6. The smallest absolute Gasteiger partial charge is 0.278 e. The molecule has 32 heavy (non-hydrogen) atoms. The molecule has 1 N–H and O–H groups in total. The van der Waals surface area contributed by atoms with Crippen LogP contribution in [0.3, 0.4) is 0 Å². The van der Waals surface area contributed by atoms with Crippen LogP contribution in [0, 0.1) is 25.2 Å². The number of fused-ring (bicyclic) bond motifs is 1. The fourth-order valence-electron chi connectivity index (χ4n) is 4.60. The number of hydrogen-bond donors (Lipinski definition) is 1. The number of benzene rings is 1. The topological polar surface area (TPSA) is 73.0 Å². The Morgan fingerprint density at radius 1 is 1.25 bits per heavy atom. The van der Waals surface area contributed by atoms with Gasteiger partial charge in [0.05, 0.1) is 23.1 Å². The first-order chi connectivity index (χ1) is 15.1. The third kappa shape index (κ3) is 4.20. The van der Waals surface area contributed by atoms with Crippen LogP contribution in [-0.4, -0.2) is 20.8 Å². The van der Waals surface area contributed by atoms with Gasteiger partial charge in [0.25, 0.3) is 5.91 Å². The van der Waals surface area contributed by atoms with Gasteiger partial charge in [-0.05, 0) is 62.6 Å². The first kappa shape index (κ1) is 22.6. The van der Waals surface area contributed by atoms with Crippen LogP contribution < -0.4 is 5.32 Å². The van der Waals surface area contributed by atoms with Crippen LogP contribution in [0.15, 0.2) is 28.8 Å². The maximum absolute atomic E-state index is 13.2. The van der Waals surface area contributed by atoms with Gasteiger partial charge in [-0.15, -0.1) is 0 Å². The van der Waals surface area contributed by atoms with Crippen molar-refractivity contribution in [2.75, 3.05) is 5.32 Å². The van der Waals surface area contributed by atoms with Crippen molar-refractivity contribution in [2.45, 2.75) is 66.8 Å². The molecule has 1 aromatic carbocycles. The molecule has 0 spiro atoms. The van der Waals surface area contributed by atoms with E-state index < -0.39 is 0 Å². The summed E-state index contributed by atoms with van der Waals surface area (Å²) in [6.07, 6.45) is 2.70. The van der Waals surface area contributed by atoms with Crippen molar-refractivity contribution >= 4 is 23.2 Å². The number of halogens is 1. The van der Waals surface area contributed by atoms with Gasteiger partial charge in [0.2, 0.25) is 0 Å². The lowest BCUT2D eigenvalue weighted by molar-refractivity contribution is 0.101. The Hall–Kier alpha value is -2.60. The number of nitrogens with one attached hydrogen (secondary N) is 1. The molecule has 2 aromatic heterocycles. The van der Waals surface area contributed by atoms with E-state index in [-0.39, 0.29) is 17.4 Å². The van der Waals surface area contributed by atoms with Gasteiger partial charge < -0.3 is 9.84 Å². The van der Waals surface area contributed by atoms with Crippen LogP contribution in [0.1, 0.15) is 78.9 Å². The number of amides is 1. The zero-order valence-electron chi connectivity index (χ0n) is 19.6. The van der Waals surface area contributed by atoms with Crippen molar-refractivity contribution in [1.29, 1.82) is 0 Å². The summed E-state index contributed by atoms with van der Waals surface area (Å²) < 4.78 is 7.47. The van der Waals surface area contributed by atoms with Crippen molar-refractivity contribution in [3.63, 3.8) is 0 Å². The number of carbonyl (C=O) groups is 1. The van der Waals surface area contributed by atoms with Gasteiger partial charge in [0, 0.05) is 17.0 Å². The van der Waals surface area contributed by atoms with Gasteiger partial charge in [-0.25, -0.2) is 0 Å². The Morgan fingerprint density at radius 2 is 1.94 bits per heavy atom. The number of carbonyl (C=O) groups excluding carboxylic acids is 1. The van der Waals surface area contributed by atoms with Crippen LogP contribution >= 0.6 is 11.6 Å². The Labute approximate surface area is 194 Å². The van der Waals surface area contributed by atoms with E-state index in [0.29, 0.717) is 16.6 Å². The molecule has 7 heteroatoms. The average molecular weight is 455 g/mol. The number of aryl methyl sites for hydroxylation is 2. The van der Waals surface area contributed by atoms with E-state index in [1.807, 2.05) is 42.8 Å². The monoisotopic (exact) mass is 454 g/mol. The first-order valence-corrected chi connectivity index (χ1v) is 11.5. The van der Waals surface area contributed by atoms with E-state index in [1.54, 1.807) is 0 Å². The summed E-state index contributed by atoms with van der Waals surface area (Å²) in [5.74, 6) is 1.10. The number of aromatic nitrogens is 3. The molecule has 0 aliphatic heterocycles. The second-order valence-electron chi connectivity index (χ2n) is 9.91. The van der Waals surface area contributed by atoms with Crippen LogP contribution in [0.25, 0.3) is 0 Å². The number of nitrogens with zero attached hydrogens (tertiary/aromatic N) is 3. The minimum Gasteiger partial charge on any atom is -0.360 e. The van der Waals surface area contributed by atoms with Gasteiger partial charge in [-0.2, -0.15) is 5.10 Å². The fourth-order valence-corrected chi connectivity index (χ4v) is 4.72. The highest BCUT2D eigenvalue weighted by Crippen LogP contribution is 2.38. The zero-order chi connectivity index (χ0) is 23.2. The second kappa shape index (κ2) is 8.39. The molecule has 170 valence electrons. The lowest BCUT2D eigenvalue weighted by Gasteiger charge is -2.33.